The summed E-state index contributed by atoms with van der Waals surface area (Å²) < 4.78 is 0. The standard InChI is InChI=1S/C13H11N3O4/c17-11-5-8(3-4-14-11)13(20)16-10-2-1-9(15-7-10)6-12(18)19/h1-5,7H,6H2,(H,14,17)(H,16,20)(H,18,19). The number of hydrogen-bond acceptors (Lipinski definition) is 4. The highest BCUT2D eigenvalue weighted by Crippen LogP contribution is 2.08. The van der Waals surface area contributed by atoms with Crippen molar-refractivity contribution < 1.29 is 14.7 Å². The first-order valence-corrected chi connectivity index (χ1v) is 5.71. The van der Waals surface area contributed by atoms with Crippen LogP contribution in [0, 0.1) is 0 Å². The van der Waals surface area contributed by atoms with Crippen LogP contribution >= 0.6 is 0 Å². The molecule has 0 radical (unpaired) electrons. The Morgan fingerprint density at radius 3 is 2.70 bits per heavy atom. The number of aromatic nitrogens is 2. The number of anilines is 1. The Kier molecular flexibility index (Phi) is 3.90. The minimum Gasteiger partial charge on any atom is -0.481 e. The maximum absolute atomic E-state index is 11.8. The van der Waals surface area contributed by atoms with Crippen LogP contribution in [0.5, 0.6) is 0 Å². The largest absolute Gasteiger partial charge is 0.481 e. The fourth-order valence-electron chi connectivity index (χ4n) is 1.55. The van der Waals surface area contributed by atoms with Crippen molar-refractivity contribution in [3.05, 3.63) is 58.3 Å². The zero-order valence-electron chi connectivity index (χ0n) is 10.3. The highest BCUT2D eigenvalue weighted by atomic mass is 16.4. The van der Waals surface area contributed by atoms with Gasteiger partial charge in [-0.25, -0.2) is 0 Å². The van der Waals surface area contributed by atoms with Gasteiger partial charge in [-0.2, -0.15) is 0 Å². The van der Waals surface area contributed by atoms with E-state index in [4.69, 9.17) is 5.11 Å². The Labute approximate surface area is 113 Å². The lowest BCUT2D eigenvalue weighted by molar-refractivity contribution is -0.136. The van der Waals surface area contributed by atoms with Crippen molar-refractivity contribution in [2.75, 3.05) is 5.32 Å². The fourth-order valence-corrected chi connectivity index (χ4v) is 1.55. The van der Waals surface area contributed by atoms with Gasteiger partial charge in [0.2, 0.25) is 5.56 Å². The number of carbonyl (C=O) groups excluding carboxylic acids is 1. The Morgan fingerprint density at radius 1 is 1.30 bits per heavy atom. The maximum Gasteiger partial charge on any atom is 0.309 e. The monoisotopic (exact) mass is 273 g/mol. The van der Waals surface area contributed by atoms with E-state index in [0.717, 1.165) is 0 Å². The van der Waals surface area contributed by atoms with E-state index >= 15 is 0 Å². The average molecular weight is 273 g/mol. The van der Waals surface area contributed by atoms with Crippen LogP contribution in [0.4, 0.5) is 5.69 Å². The van der Waals surface area contributed by atoms with E-state index in [9.17, 15) is 14.4 Å². The summed E-state index contributed by atoms with van der Waals surface area (Å²) in [5.74, 6) is -1.42. The summed E-state index contributed by atoms with van der Waals surface area (Å²) in [6, 6.07) is 5.72. The highest BCUT2D eigenvalue weighted by molar-refractivity contribution is 6.04. The molecular weight excluding hydrogens is 262 g/mol. The molecule has 7 nitrogen and oxygen atoms in total. The number of hydrogen-bond donors (Lipinski definition) is 3. The maximum atomic E-state index is 11.8. The molecule has 20 heavy (non-hydrogen) atoms. The van der Waals surface area contributed by atoms with Crippen molar-refractivity contribution in [3.63, 3.8) is 0 Å². The molecule has 102 valence electrons. The van der Waals surface area contributed by atoms with Gasteiger partial charge in [-0.3, -0.25) is 19.4 Å². The van der Waals surface area contributed by atoms with Gasteiger partial charge in [0, 0.05) is 17.8 Å². The first kappa shape index (κ1) is 13.5. The van der Waals surface area contributed by atoms with Crippen LogP contribution in [0.2, 0.25) is 0 Å². The average Bonchev–Trinajstić information content (AvgIpc) is 2.40. The summed E-state index contributed by atoms with van der Waals surface area (Å²) in [5.41, 5.74) is 0.673. The molecule has 0 unspecified atom stereocenters. The lowest BCUT2D eigenvalue weighted by atomic mass is 10.2. The van der Waals surface area contributed by atoms with Crippen LogP contribution in [0.3, 0.4) is 0 Å². The van der Waals surface area contributed by atoms with Crippen molar-refractivity contribution in [2.24, 2.45) is 0 Å². The van der Waals surface area contributed by atoms with Gasteiger partial charge in [0.05, 0.1) is 24.0 Å². The third-order valence-corrected chi connectivity index (χ3v) is 2.45. The third kappa shape index (κ3) is 3.52. The zero-order valence-corrected chi connectivity index (χ0v) is 10.3. The van der Waals surface area contributed by atoms with Gasteiger partial charge in [-0.15, -0.1) is 0 Å². The molecule has 1 amide bonds. The van der Waals surface area contributed by atoms with Gasteiger partial charge in [-0.1, -0.05) is 0 Å². The summed E-state index contributed by atoms with van der Waals surface area (Å²) in [6.45, 7) is 0. The number of pyridine rings is 2. The van der Waals surface area contributed by atoms with E-state index in [1.54, 1.807) is 6.07 Å². The molecule has 0 saturated carbocycles. The van der Waals surface area contributed by atoms with Crippen LogP contribution in [-0.4, -0.2) is 27.0 Å². The molecule has 2 aromatic heterocycles. The van der Waals surface area contributed by atoms with E-state index in [1.165, 1.54) is 30.6 Å². The van der Waals surface area contributed by atoms with Gasteiger partial charge >= 0.3 is 5.97 Å². The molecule has 7 heteroatoms. The Balaban J connectivity index is 2.08. The van der Waals surface area contributed by atoms with E-state index in [0.29, 0.717) is 11.4 Å². The van der Waals surface area contributed by atoms with Gasteiger partial charge in [0.25, 0.3) is 5.91 Å². The van der Waals surface area contributed by atoms with Crippen LogP contribution in [0.1, 0.15) is 16.1 Å². The highest BCUT2D eigenvalue weighted by Gasteiger charge is 2.07. The summed E-state index contributed by atoms with van der Waals surface area (Å²) in [5, 5.41) is 11.2. The number of amides is 1. The van der Waals surface area contributed by atoms with Crippen molar-refractivity contribution in [1.82, 2.24) is 9.97 Å². The first-order chi connectivity index (χ1) is 9.54. The minimum absolute atomic E-state index is 0.178. The Bertz CT molecular complexity index is 691. The van der Waals surface area contributed by atoms with Crippen LogP contribution < -0.4 is 10.9 Å². The second kappa shape index (κ2) is 5.79. The summed E-state index contributed by atoms with van der Waals surface area (Å²) >= 11 is 0. The molecule has 2 aromatic rings. The normalized spacial score (nSPS) is 10.0. The number of nitrogens with one attached hydrogen (secondary N) is 2. The molecule has 2 rings (SSSR count). The topological polar surface area (TPSA) is 112 Å². The third-order valence-electron chi connectivity index (χ3n) is 2.45. The molecular formula is C13H11N3O4. The smallest absolute Gasteiger partial charge is 0.309 e. The Hall–Kier alpha value is -2.96. The van der Waals surface area contributed by atoms with Crippen molar-refractivity contribution in [2.45, 2.75) is 6.42 Å². The number of aromatic amines is 1. The number of carboxylic acid groups (broad SMARTS) is 1. The van der Waals surface area contributed by atoms with E-state index in [-0.39, 0.29) is 17.5 Å². The fraction of sp³-hybridized carbons (Fsp3) is 0.0769. The second-order valence-corrected chi connectivity index (χ2v) is 4.00. The molecule has 0 bridgehead atoms. The Morgan fingerprint density at radius 2 is 2.10 bits per heavy atom. The van der Waals surface area contributed by atoms with Gasteiger partial charge in [-0.05, 0) is 18.2 Å². The van der Waals surface area contributed by atoms with Gasteiger partial charge in [0.1, 0.15) is 0 Å². The molecule has 0 fully saturated rings. The van der Waals surface area contributed by atoms with Crippen LogP contribution in [0.15, 0.2) is 41.5 Å². The predicted molar refractivity (Wildman–Crippen MR) is 70.6 cm³/mol. The SMILES string of the molecule is O=C(O)Cc1ccc(NC(=O)c2cc[nH]c(=O)c2)cn1. The lowest BCUT2D eigenvalue weighted by Gasteiger charge is -2.05. The van der Waals surface area contributed by atoms with Crippen LogP contribution in [-0.2, 0) is 11.2 Å². The molecule has 2 heterocycles. The summed E-state index contributed by atoms with van der Waals surface area (Å²) in [7, 11) is 0. The second-order valence-electron chi connectivity index (χ2n) is 4.00. The van der Waals surface area contributed by atoms with Gasteiger partial charge in [0.15, 0.2) is 0 Å². The van der Waals surface area contributed by atoms with Crippen molar-refractivity contribution >= 4 is 17.6 Å². The number of H-pyrrole nitrogens is 1. The molecule has 0 atom stereocenters. The summed E-state index contributed by atoms with van der Waals surface area (Å²) in [6.07, 6.45) is 2.57. The van der Waals surface area contributed by atoms with Crippen molar-refractivity contribution in [1.29, 1.82) is 0 Å². The number of nitrogens with zero attached hydrogens (tertiary/aromatic N) is 1. The molecule has 0 aliphatic heterocycles. The quantitative estimate of drug-likeness (QED) is 0.757. The molecule has 0 saturated heterocycles. The van der Waals surface area contributed by atoms with E-state index in [1.807, 2.05) is 0 Å². The van der Waals surface area contributed by atoms with Crippen molar-refractivity contribution in [3.8, 4) is 0 Å². The molecule has 0 aliphatic carbocycles. The van der Waals surface area contributed by atoms with E-state index in [2.05, 4.69) is 15.3 Å². The first-order valence-electron chi connectivity index (χ1n) is 5.71. The van der Waals surface area contributed by atoms with E-state index < -0.39 is 11.9 Å². The molecule has 0 aliphatic rings. The number of aliphatic carboxylic acids is 1. The predicted octanol–water partition coefficient (Wildman–Crippen LogP) is 0.649. The number of carbonyl (C=O) groups is 2. The summed E-state index contributed by atoms with van der Waals surface area (Å²) in [4.78, 5) is 39.8. The molecule has 0 aromatic carbocycles. The van der Waals surface area contributed by atoms with Gasteiger partial charge < -0.3 is 15.4 Å². The van der Waals surface area contributed by atoms with Crippen LogP contribution in [0.25, 0.3) is 0 Å². The molecule has 0 spiro atoms. The minimum atomic E-state index is -0.974. The zero-order chi connectivity index (χ0) is 14.5. The number of carboxylic acids is 1. The lowest BCUT2D eigenvalue weighted by Crippen LogP contribution is -2.15. The molecule has 3 N–H and O–H groups in total. The number of rotatable bonds is 4.